The highest BCUT2D eigenvalue weighted by molar-refractivity contribution is 7.95. The number of epoxide rings is 1. The molecule has 0 amide bonds. The molecule has 4 heteroatoms. The summed E-state index contributed by atoms with van der Waals surface area (Å²) in [7, 11) is -3.47. The molecule has 16 heavy (non-hydrogen) atoms. The van der Waals surface area contributed by atoms with Crippen molar-refractivity contribution in [2.75, 3.05) is 0 Å². The fourth-order valence-electron chi connectivity index (χ4n) is 1.62. The zero-order valence-corrected chi connectivity index (χ0v) is 10.1. The van der Waals surface area contributed by atoms with Crippen molar-refractivity contribution >= 4 is 9.84 Å². The van der Waals surface area contributed by atoms with E-state index < -0.39 is 21.5 Å². The molecule has 1 atom stereocenters. The number of benzene rings is 1. The zero-order valence-electron chi connectivity index (χ0n) is 9.30. The van der Waals surface area contributed by atoms with Gasteiger partial charge in [-0.3, -0.25) is 0 Å². The van der Waals surface area contributed by atoms with Gasteiger partial charge in [-0.15, -0.1) is 0 Å². The van der Waals surface area contributed by atoms with Crippen molar-refractivity contribution in [2.45, 2.75) is 30.4 Å². The van der Waals surface area contributed by atoms with E-state index in [-0.39, 0.29) is 9.80 Å². The summed E-state index contributed by atoms with van der Waals surface area (Å²) in [4.78, 5) is 0.412. The minimum absolute atomic E-state index is 0.142. The average Bonchev–Trinajstić information content (AvgIpc) is 2.88. The molecule has 2 rings (SSSR count). The summed E-state index contributed by atoms with van der Waals surface area (Å²) in [5.41, 5.74) is -0.404. The summed E-state index contributed by atoms with van der Waals surface area (Å²) < 4.78 is 29.5. The highest BCUT2D eigenvalue weighted by Gasteiger charge is 2.52. The Morgan fingerprint density at radius 1 is 1.31 bits per heavy atom. The lowest BCUT2D eigenvalue weighted by molar-refractivity contribution is 0.332. The second-order valence-corrected chi connectivity index (χ2v) is 6.39. The molecule has 0 spiro atoms. The predicted molar refractivity (Wildman–Crippen MR) is 61.7 cm³/mol. The Kier molecular flexibility index (Phi) is 2.44. The number of ether oxygens (including phenoxy) is 1. The summed E-state index contributed by atoms with van der Waals surface area (Å²) >= 11 is 0. The van der Waals surface area contributed by atoms with Crippen LogP contribution in [0, 0.1) is 0 Å². The summed E-state index contributed by atoms with van der Waals surface area (Å²) in [5.74, 6) is 0. The van der Waals surface area contributed by atoms with Gasteiger partial charge in [-0.1, -0.05) is 24.8 Å². The van der Waals surface area contributed by atoms with Crippen molar-refractivity contribution in [3.8, 4) is 0 Å². The van der Waals surface area contributed by atoms with Gasteiger partial charge in [0, 0.05) is 0 Å². The third-order valence-electron chi connectivity index (χ3n) is 2.69. The Morgan fingerprint density at radius 3 is 2.25 bits per heavy atom. The predicted octanol–water partition coefficient (Wildman–Crippen LogP) is 2.15. The van der Waals surface area contributed by atoms with Crippen molar-refractivity contribution in [1.29, 1.82) is 0 Å². The molecule has 1 heterocycles. The van der Waals surface area contributed by atoms with E-state index >= 15 is 0 Å². The maximum atomic E-state index is 12.1. The first kappa shape index (κ1) is 11.4. The van der Waals surface area contributed by atoms with E-state index in [0.717, 1.165) is 0 Å². The third-order valence-corrected chi connectivity index (χ3v) is 4.48. The second kappa shape index (κ2) is 3.43. The largest absolute Gasteiger partial charge is 0.361 e. The number of hydrogen-bond acceptors (Lipinski definition) is 3. The van der Waals surface area contributed by atoms with Gasteiger partial charge in [-0.25, -0.2) is 8.42 Å². The third kappa shape index (κ3) is 1.79. The van der Waals surface area contributed by atoms with Crippen molar-refractivity contribution in [3.63, 3.8) is 0 Å². The first-order valence-electron chi connectivity index (χ1n) is 5.02. The molecule has 1 aliphatic rings. The molecule has 0 radical (unpaired) electrons. The van der Waals surface area contributed by atoms with Crippen molar-refractivity contribution < 1.29 is 13.2 Å². The van der Waals surface area contributed by atoms with E-state index in [9.17, 15) is 8.42 Å². The average molecular weight is 238 g/mol. The summed E-state index contributed by atoms with van der Waals surface area (Å²) in [5, 5.41) is 0. The summed E-state index contributed by atoms with van der Waals surface area (Å²) in [6.07, 6.45) is -0.391. The van der Waals surface area contributed by atoms with Gasteiger partial charge in [0.15, 0.2) is 0 Å². The number of sulfone groups is 1. The molecule has 0 aliphatic carbocycles. The van der Waals surface area contributed by atoms with E-state index in [4.69, 9.17) is 4.74 Å². The zero-order chi connectivity index (χ0) is 12.0. The van der Waals surface area contributed by atoms with Crippen molar-refractivity contribution in [1.82, 2.24) is 0 Å². The van der Waals surface area contributed by atoms with Crippen LogP contribution in [0.5, 0.6) is 0 Å². The standard InChI is InChI=1S/C12H14O3S/c1-9(11-12(2,3)15-11)16(13,14)10-7-5-4-6-8-10/h4-8,11H,1H2,2-3H3. The minimum Gasteiger partial charge on any atom is -0.361 e. The van der Waals surface area contributed by atoms with Gasteiger partial charge in [0.1, 0.15) is 6.10 Å². The van der Waals surface area contributed by atoms with Crippen LogP contribution in [0.25, 0.3) is 0 Å². The Hall–Kier alpha value is -1.13. The molecule has 86 valence electrons. The fourth-order valence-corrected chi connectivity index (χ4v) is 3.05. The van der Waals surface area contributed by atoms with Gasteiger partial charge in [0.2, 0.25) is 9.84 Å². The number of rotatable bonds is 3. The van der Waals surface area contributed by atoms with Crippen molar-refractivity contribution in [2.24, 2.45) is 0 Å². The molecule has 0 N–H and O–H groups in total. The minimum atomic E-state index is -3.47. The van der Waals surface area contributed by atoms with Gasteiger partial charge in [-0.05, 0) is 26.0 Å². The molecule has 0 bridgehead atoms. The smallest absolute Gasteiger partial charge is 0.204 e. The van der Waals surface area contributed by atoms with E-state index in [1.807, 2.05) is 13.8 Å². The van der Waals surface area contributed by atoms with Crippen molar-refractivity contribution in [3.05, 3.63) is 41.8 Å². The second-order valence-electron chi connectivity index (χ2n) is 4.38. The summed E-state index contributed by atoms with van der Waals surface area (Å²) in [6.45, 7) is 7.35. The van der Waals surface area contributed by atoms with E-state index in [1.165, 1.54) is 0 Å². The lowest BCUT2D eigenvalue weighted by atomic mass is 10.1. The molecule has 1 fully saturated rings. The van der Waals surface area contributed by atoms with Crippen LogP contribution >= 0.6 is 0 Å². The van der Waals surface area contributed by atoms with Crippen LogP contribution in [-0.2, 0) is 14.6 Å². The Morgan fingerprint density at radius 2 is 1.81 bits per heavy atom. The van der Waals surface area contributed by atoms with Crippen LogP contribution in [0.4, 0.5) is 0 Å². The van der Waals surface area contributed by atoms with Crippen LogP contribution in [0.2, 0.25) is 0 Å². The fraction of sp³-hybridized carbons (Fsp3) is 0.333. The van der Waals surface area contributed by atoms with Crippen LogP contribution in [0.1, 0.15) is 13.8 Å². The maximum absolute atomic E-state index is 12.1. The van der Waals surface area contributed by atoms with E-state index in [2.05, 4.69) is 6.58 Å². The SMILES string of the molecule is C=C(C1OC1(C)C)S(=O)(=O)c1ccccc1. The van der Waals surface area contributed by atoms with Crippen LogP contribution in [0.3, 0.4) is 0 Å². The molecular formula is C12H14O3S. The van der Waals surface area contributed by atoms with Gasteiger partial charge in [0.05, 0.1) is 15.4 Å². The molecule has 1 aliphatic heterocycles. The molecule has 1 aromatic rings. The topological polar surface area (TPSA) is 46.7 Å². The van der Waals surface area contributed by atoms with Crippen LogP contribution in [0.15, 0.2) is 46.7 Å². The Bertz CT molecular complexity index is 514. The molecule has 1 saturated heterocycles. The van der Waals surface area contributed by atoms with Crippen LogP contribution < -0.4 is 0 Å². The normalized spacial score (nSPS) is 22.8. The maximum Gasteiger partial charge on any atom is 0.204 e. The van der Waals surface area contributed by atoms with E-state index in [0.29, 0.717) is 0 Å². The molecule has 0 saturated carbocycles. The first-order chi connectivity index (χ1) is 7.36. The highest BCUT2D eigenvalue weighted by Crippen LogP contribution is 2.42. The Balaban J connectivity index is 2.32. The molecule has 1 aromatic carbocycles. The molecule has 1 unspecified atom stereocenters. The lowest BCUT2D eigenvalue weighted by Crippen LogP contribution is -2.13. The highest BCUT2D eigenvalue weighted by atomic mass is 32.2. The lowest BCUT2D eigenvalue weighted by Gasteiger charge is -2.05. The van der Waals surface area contributed by atoms with E-state index in [1.54, 1.807) is 30.3 Å². The molecular weight excluding hydrogens is 224 g/mol. The first-order valence-corrected chi connectivity index (χ1v) is 6.51. The summed E-state index contributed by atoms with van der Waals surface area (Å²) in [6, 6.07) is 8.29. The molecule has 3 nitrogen and oxygen atoms in total. The van der Waals surface area contributed by atoms with Gasteiger partial charge in [0.25, 0.3) is 0 Å². The number of hydrogen-bond donors (Lipinski definition) is 0. The van der Waals surface area contributed by atoms with Gasteiger partial charge in [-0.2, -0.15) is 0 Å². The quantitative estimate of drug-likeness (QED) is 0.758. The monoisotopic (exact) mass is 238 g/mol. The Labute approximate surface area is 95.7 Å². The van der Waals surface area contributed by atoms with Gasteiger partial charge < -0.3 is 4.74 Å². The van der Waals surface area contributed by atoms with Gasteiger partial charge >= 0.3 is 0 Å². The molecule has 0 aromatic heterocycles. The van der Waals surface area contributed by atoms with Crippen LogP contribution in [-0.4, -0.2) is 20.1 Å².